The molecule has 0 heterocycles. The van der Waals surface area contributed by atoms with Gasteiger partial charge in [0.05, 0.1) is 25.2 Å². The van der Waals surface area contributed by atoms with Gasteiger partial charge < -0.3 is 15.2 Å². The first-order chi connectivity index (χ1) is 10.1. The van der Waals surface area contributed by atoms with E-state index in [1.165, 1.54) is 12.1 Å². The summed E-state index contributed by atoms with van der Waals surface area (Å²) in [6.45, 7) is 0.193. The number of ether oxygens (including phenoxy) is 1. The van der Waals surface area contributed by atoms with Crippen LogP contribution in [0.1, 0.15) is 38.5 Å². The molecule has 2 unspecified atom stereocenters. The number of aliphatic hydroxyl groups excluding tert-OH is 1. The molecule has 0 radical (unpaired) electrons. The summed E-state index contributed by atoms with van der Waals surface area (Å²) >= 11 is 0. The fourth-order valence-electron chi connectivity index (χ4n) is 2.55. The smallest absolute Gasteiger partial charge is 0.223 e. The van der Waals surface area contributed by atoms with Gasteiger partial charge in [-0.15, -0.1) is 0 Å². The first-order valence-corrected chi connectivity index (χ1v) is 7.51. The van der Waals surface area contributed by atoms with Crippen molar-refractivity contribution in [2.24, 2.45) is 0 Å². The van der Waals surface area contributed by atoms with Crippen LogP contribution in [-0.2, 0) is 4.79 Å². The summed E-state index contributed by atoms with van der Waals surface area (Å²) < 4.78 is 18.3. The number of halogens is 1. The second-order valence-corrected chi connectivity index (χ2v) is 5.44. The highest BCUT2D eigenvalue weighted by Crippen LogP contribution is 2.18. The second kappa shape index (κ2) is 7.98. The number of nitrogens with one attached hydrogen (secondary N) is 1. The molecule has 1 saturated carbocycles. The van der Waals surface area contributed by atoms with Crippen molar-refractivity contribution in [1.82, 2.24) is 5.32 Å². The van der Waals surface area contributed by atoms with Gasteiger partial charge in [-0.05, 0) is 25.0 Å². The molecule has 2 atom stereocenters. The first kappa shape index (κ1) is 15.8. The molecule has 2 rings (SSSR count). The lowest BCUT2D eigenvalue weighted by atomic mass is 10.1. The summed E-state index contributed by atoms with van der Waals surface area (Å²) in [5.41, 5.74) is 0. The van der Waals surface area contributed by atoms with E-state index in [4.69, 9.17) is 4.74 Å². The number of aliphatic hydroxyl groups is 1. The lowest BCUT2D eigenvalue weighted by Crippen LogP contribution is -2.43. The summed E-state index contributed by atoms with van der Waals surface area (Å²) in [7, 11) is 0. The van der Waals surface area contributed by atoms with E-state index in [9.17, 15) is 14.3 Å². The van der Waals surface area contributed by atoms with Crippen LogP contribution in [0.5, 0.6) is 5.75 Å². The van der Waals surface area contributed by atoms with Crippen molar-refractivity contribution < 1.29 is 19.0 Å². The standard InChI is InChI=1S/C16H22FNO3/c17-12-5-4-6-13(11-12)21-10-9-16(20)18-14-7-2-1-3-8-15(14)19/h4-6,11,14-15,19H,1-3,7-10H2,(H,18,20). The Morgan fingerprint density at radius 3 is 2.95 bits per heavy atom. The third-order valence-electron chi connectivity index (χ3n) is 3.72. The Bertz CT molecular complexity index is 467. The Kier molecular flexibility index (Phi) is 5.99. The molecule has 0 aromatic heterocycles. The molecule has 1 aliphatic rings. The quantitative estimate of drug-likeness (QED) is 0.820. The molecule has 0 saturated heterocycles. The molecule has 1 aromatic carbocycles. The van der Waals surface area contributed by atoms with Crippen LogP contribution in [0.25, 0.3) is 0 Å². The molecular formula is C16H22FNO3. The summed E-state index contributed by atoms with van der Waals surface area (Å²) in [5.74, 6) is -0.0896. The number of carbonyl (C=O) groups excluding carboxylic acids is 1. The summed E-state index contributed by atoms with van der Waals surface area (Å²) in [6.07, 6.45) is 4.44. The van der Waals surface area contributed by atoms with Gasteiger partial charge in [0, 0.05) is 6.07 Å². The number of hydrogen-bond acceptors (Lipinski definition) is 3. The van der Waals surface area contributed by atoms with E-state index in [1.807, 2.05) is 0 Å². The Labute approximate surface area is 124 Å². The number of carbonyl (C=O) groups is 1. The highest BCUT2D eigenvalue weighted by molar-refractivity contribution is 5.76. The molecule has 1 aliphatic carbocycles. The van der Waals surface area contributed by atoms with Crippen LogP contribution >= 0.6 is 0 Å². The van der Waals surface area contributed by atoms with Crippen molar-refractivity contribution >= 4 is 5.91 Å². The van der Waals surface area contributed by atoms with Crippen molar-refractivity contribution in [3.05, 3.63) is 30.1 Å². The summed E-state index contributed by atoms with van der Waals surface area (Å²) in [4.78, 5) is 11.8. The van der Waals surface area contributed by atoms with Crippen molar-refractivity contribution in [2.75, 3.05) is 6.61 Å². The van der Waals surface area contributed by atoms with E-state index < -0.39 is 6.10 Å². The Balaban J connectivity index is 1.71. The van der Waals surface area contributed by atoms with E-state index in [1.54, 1.807) is 12.1 Å². The topological polar surface area (TPSA) is 58.6 Å². The maximum absolute atomic E-state index is 13.0. The SMILES string of the molecule is O=C(CCOc1cccc(F)c1)NC1CCCCCC1O. The van der Waals surface area contributed by atoms with Gasteiger partial charge in [0.1, 0.15) is 11.6 Å². The van der Waals surface area contributed by atoms with Gasteiger partial charge >= 0.3 is 0 Å². The van der Waals surface area contributed by atoms with Gasteiger partial charge in [-0.2, -0.15) is 0 Å². The molecule has 4 nitrogen and oxygen atoms in total. The molecule has 2 N–H and O–H groups in total. The molecule has 1 aromatic rings. The maximum Gasteiger partial charge on any atom is 0.223 e. The predicted octanol–water partition coefficient (Wildman–Crippen LogP) is 2.40. The predicted molar refractivity (Wildman–Crippen MR) is 77.5 cm³/mol. The van der Waals surface area contributed by atoms with E-state index in [0.717, 1.165) is 32.1 Å². The van der Waals surface area contributed by atoms with E-state index in [-0.39, 0.29) is 30.8 Å². The van der Waals surface area contributed by atoms with Crippen LogP contribution in [0.15, 0.2) is 24.3 Å². The third kappa shape index (κ3) is 5.34. The van der Waals surface area contributed by atoms with Crippen LogP contribution < -0.4 is 10.1 Å². The normalized spacial score (nSPS) is 22.4. The first-order valence-electron chi connectivity index (χ1n) is 7.51. The largest absolute Gasteiger partial charge is 0.493 e. The minimum absolute atomic E-state index is 0.141. The zero-order valence-electron chi connectivity index (χ0n) is 12.1. The van der Waals surface area contributed by atoms with Crippen LogP contribution in [0.2, 0.25) is 0 Å². The Hall–Kier alpha value is -1.62. The molecule has 116 valence electrons. The highest BCUT2D eigenvalue weighted by Gasteiger charge is 2.22. The van der Waals surface area contributed by atoms with E-state index in [0.29, 0.717) is 5.75 Å². The van der Waals surface area contributed by atoms with Crippen molar-refractivity contribution in [1.29, 1.82) is 0 Å². The minimum atomic E-state index is -0.458. The summed E-state index contributed by atoms with van der Waals surface area (Å²) in [6, 6.07) is 5.68. The van der Waals surface area contributed by atoms with Gasteiger partial charge in [0.2, 0.25) is 5.91 Å². The van der Waals surface area contributed by atoms with E-state index in [2.05, 4.69) is 5.32 Å². The third-order valence-corrected chi connectivity index (χ3v) is 3.72. The molecule has 5 heteroatoms. The Morgan fingerprint density at radius 1 is 1.33 bits per heavy atom. The zero-order valence-corrected chi connectivity index (χ0v) is 12.1. The zero-order chi connectivity index (χ0) is 15.1. The fourth-order valence-corrected chi connectivity index (χ4v) is 2.55. The van der Waals surface area contributed by atoms with Gasteiger partial charge in [0.15, 0.2) is 0 Å². The molecule has 0 spiro atoms. The van der Waals surface area contributed by atoms with Crippen molar-refractivity contribution in [2.45, 2.75) is 50.7 Å². The van der Waals surface area contributed by atoms with Crippen molar-refractivity contribution in [3.63, 3.8) is 0 Å². The van der Waals surface area contributed by atoms with Crippen LogP contribution in [0.4, 0.5) is 4.39 Å². The molecular weight excluding hydrogens is 273 g/mol. The lowest BCUT2D eigenvalue weighted by molar-refractivity contribution is -0.123. The van der Waals surface area contributed by atoms with Gasteiger partial charge in [-0.25, -0.2) is 4.39 Å². The Morgan fingerprint density at radius 2 is 2.14 bits per heavy atom. The average molecular weight is 295 g/mol. The number of amides is 1. The molecule has 0 bridgehead atoms. The molecule has 1 amide bonds. The maximum atomic E-state index is 13.0. The lowest BCUT2D eigenvalue weighted by Gasteiger charge is -2.21. The van der Waals surface area contributed by atoms with Gasteiger partial charge in [0.25, 0.3) is 0 Å². The van der Waals surface area contributed by atoms with Crippen LogP contribution in [0.3, 0.4) is 0 Å². The van der Waals surface area contributed by atoms with Crippen LogP contribution in [-0.4, -0.2) is 29.8 Å². The molecule has 1 fully saturated rings. The van der Waals surface area contributed by atoms with E-state index >= 15 is 0 Å². The van der Waals surface area contributed by atoms with Gasteiger partial charge in [-0.3, -0.25) is 4.79 Å². The number of benzene rings is 1. The van der Waals surface area contributed by atoms with Crippen molar-refractivity contribution in [3.8, 4) is 5.75 Å². The summed E-state index contributed by atoms with van der Waals surface area (Å²) in [5, 5.41) is 12.8. The van der Waals surface area contributed by atoms with Gasteiger partial charge in [-0.1, -0.05) is 25.3 Å². The average Bonchev–Trinajstić information content (AvgIpc) is 2.64. The van der Waals surface area contributed by atoms with Crippen LogP contribution in [0, 0.1) is 5.82 Å². The molecule has 0 aliphatic heterocycles. The second-order valence-electron chi connectivity index (χ2n) is 5.44. The number of hydrogen-bond donors (Lipinski definition) is 2. The monoisotopic (exact) mass is 295 g/mol. The molecule has 21 heavy (non-hydrogen) atoms. The fraction of sp³-hybridized carbons (Fsp3) is 0.562. The number of rotatable bonds is 5. The minimum Gasteiger partial charge on any atom is -0.493 e. The highest BCUT2D eigenvalue weighted by atomic mass is 19.1.